The summed E-state index contributed by atoms with van der Waals surface area (Å²) in [5, 5.41) is 3.44. The first-order valence-electron chi connectivity index (χ1n) is 7.83. The van der Waals surface area contributed by atoms with Crippen molar-refractivity contribution >= 4 is 0 Å². The zero-order valence-electron chi connectivity index (χ0n) is 13.4. The highest BCUT2D eigenvalue weighted by Gasteiger charge is 1.98. The lowest BCUT2D eigenvalue weighted by Crippen LogP contribution is -2.18. The molecule has 0 aliphatic heterocycles. The van der Waals surface area contributed by atoms with Crippen LogP contribution in [0.25, 0.3) is 0 Å². The Morgan fingerprint density at radius 2 is 2.10 bits per heavy atom. The Bertz CT molecular complexity index is 391. The van der Waals surface area contributed by atoms with E-state index in [1.54, 1.807) is 0 Å². The number of hydrogen-bond donors (Lipinski definition) is 1. The lowest BCUT2D eigenvalue weighted by molar-refractivity contribution is 0.0988. The monoisotopic (exact) mass is 291 g/mol. The van der Waals surface area contributed by atoms with Gasteiger partial charge in [0.15, 0.2) is 0 Å². The molecule has 0 aliphatic rings. The van der Waals surface area contributed by atoms with Crippen LogP contribution in [-0.2, 0) is 11.3 Å². The van der Waals surface area contributed by atoms with Gasteiger partial charge in [0, 0.05) is 13.2 Å². The van der Waals surface area contributed by atoms with Crippen LogP contribution in [0.2, 0.25) is 0 Å². The van der Waals surface area contributed by atoms with E-state index in [4.69, 9.17) is 9.47 Å². The third kappa shape index (κ3) is 9.27. The van der Waals surface area contributed by atoms with Gasteiger partial charge in [-0.15, -0.1) is 6.58 Å². The van der Waals surface area contributed by atoms with Gasteiger partial charge in [-0.25, -0.2) is 0 Å². The van der Waals surface area contributed by atoms with Crippen molar-refractivity contribution < 1.29 is 9.47 Å². The van der Waals surface area contributed by atoms with Gasteiger partial charge in [-0.3, -0.25) is 0 Å². The van der Waals surface area contributed by atoms with E-state index in [2.05, 4.69) is 37.9 Å². The van der Waals surface area contributed by atoms with Crippen molar-refractivity contribution in [1.29, 1.82) is 0 Å². The molecule has 0 aliphatic carbocycles. The summed E-state index contributed by atoms with van der Waals surface area (Å²) < 4.78 is 11.2. The fourth-order valence-electron chi connectivity index (χ4n) is 1.90. The topological polar surface area (TPSA) is 30.5 Å². The molecule has 0 aromatic heterocycles. The second-order valence-electron chi connectivity index (χ2n) is 5.56. The standard InChI is InChI=1S/C18H29NO2/c1-4-5-6-10-20-11-12-21-18-9-7-8-17(13-18)15-19-14-16(2)3/h4,7-9,13,16,19H,1,5-6,10-12,14-15H2,2-3H3. The van der Waals surface area contributed by atoms with Crippen LogP contribution in [0, 0.1) is 5.92 Å². The maximum atomic E-state index is 5.71. The maximum absolute atomic E-state index is 5.71. The molecule has 0 unspecified atom stereocenters. The molecule has 0 spiro atoms. The van der Waals surface area contributed by atoms with Crippen LogP contribution in [0.15, 0.2) is 36.9 Å². The summed E-state index contributed by atoms with van der Waals surface area (Å²) in [6.07, 6.45) is 3.95. The Morgan fingerprint density at radius 3 is 2.86 bits per heavy atom. The summed E-state index contributed by atoms with van der Waals surface area (Å²) in [6.45, 7) is 12.0. The number of benzene rings is 1. The van der Waals surface area contributed by atoms with Crippen LogP contribution in [0.1, 0.15) is 32.3 Å². The zero-order chi connectivity index (χ0) is 15.3. The van der Waals surface area contributed by atoms with Crippen LogP contribution in [0.5, 0.6) is 5.75 Å². The first-order valence-corrected chi connectivity index (χ1v) is 7.83. The van der Waals surface area contributed by atoms with Crippen LogP contribution in [0.4, 0.5) is 0 Å². The third-order valence-corrected chi connectivity index (χ3v) is 2.97. The molecule has 1 aromatic carbocycles. The van der Waals surface area contributed by atoms with Gasteiger partial charge in [0.05, 0.1) is 6.61 Å². The van der Waals surface area contributed by atoms with Crippen molar-refractivity contribution in [2.75, 3.05) is 26.4 Å². The van der Waals surface area contributed by atoms with Crippen molar-refractivity contribution in [2.24, 2.45) is 5.92 Å². The normalized spacial score (nSPS) is 10.8. The van der Waals surface area contributed by atoms with Crippen molar-refractivity contribution in [3.8, 4) is 5.75 Å². The predicted octanol–water partition coefficient (Wildman–Crippen LogP) is 3.79. The van der Waals surface area contributed by atoms with Crippen molar-refractivity contribution in [3.05, 3.63) is 42.5 Å². The van der Waals surface area contributed by atoms with Crippen LogP contribution < -0.4 is 10.1 Å². The number of hydrogen-bond acceptors (Lipinski definition) is 3. The fourth-order valence-corrected chi connectivity index (χ4v) is 1.90. The molecule has 0 fully saturated rings. The highest BCUT2D eigenvalue weighted by molar-refractivity contribution is 5.28. The summed E-state index contributed by atoms with van der Waals surface area (Å²) in [4.78, 5) is 0. The van der Waals surface area contributed by atoms with E-state index in [9.17, 15) is 0 Å². The van der Waals surface area contributed by atoms with Crippen LogP contribution in [-0.4, -0.2) is 26.4 Å². The van der Waals surface area contributed by atoms with E-state index >= 15 is 0 Å². The second-order valence-corrected chi connectivity index (χ2v) is 5.56. The van der Waals surface area contributed by atoms with Crippen LogP contribution in [0.3, 0.4) is 0 Å². The minimum Gasteiger partial charge on any atom is -0.491 e. The molecule has 0 saturated carbocycles. The molecule has 0 radical (unpaired) electrons. The number of ether oxygens (including phenoxy) is 2. The van der Waals surface area contributed by atoms with Gasteiger partial charge in [-0.1, -0.05) is 32.1 Å². The highest BCUT2D eigenvalue weighted by Crippen LogP contribution is 2.13. The Hall–Kier alpha value is -1.32. The molecule has 0 saturated heterocycles. The predicted molar refractivity (Wildman–Crippen MR) is 88.7 cm³/mol. The number of allylic oxidation sites excluding steroid dienone is 1. The average Bonchev–Trinajstić information content (AvgIpc) is 2.46. The van der Waals surface area contributed by atoms with Gasteiger partial charge in [0.2, 0.25) is 0 Å². The first kappa shape index (κ1) is 17.7. The van der Waals surface area contributed by atoms with E-state index in [0.29, 0.717) is 19.1 Å². The molecule has 0 heterocycles. The van der Waals surface area contributed by atoms with Crippen molar-refractivity contribution in [1.82, 2.24) is 5.32 Å². The minimum absolute atomic E-state index is 0.594. The van der Waals surface area contributed by atoms with Gasteiger partial charge < -0.3 is 14.8 Å². The summed E-state index contributed by atoms with van der Waals surface area (Å²) in [5.41, 5.74) is 1.25. The molecule has 0 bridgehead atoms. The van der Waals surface area contributed by atoms with E-state index in [-0.39, 0.29) is 0 Å². The molecule has 1 N–H and O–H groups in total. The molecular formula is C18H29NO2. The number of nitrogens with one attached hydrogen (secondary N) is 1. The summed E-state index contributed by atoms with van der Waals surface area (Å²) >= 11 is 0. The summed E-state index contributed by atoms with van der Waals surface area (Å²) in [5.74, 6) is 1.58. The van der Waals surface area contributed by atoms with E-state index < -0.39 is 0 Å². The molecule has 0 atom stereocenters. The lowest BCUT2D eigenvalue weighted by Gasteiger charge is -2.10. The molecule has 21 heavy (non-hydrogen) atoms. The van der Waals surface area contributed by atoms with Crippen molar-refractivity contribution in [3.63, 3.8) is 0 Å². The Balaban J connectivity index is 2.18. The molecule has 1 rings (SSSR count). The Kier molecular flexibility index (Phi) is 9.58. The largest absolute Gasteiger partial charge is 0.491 e. The highest BCUT2D eigenvalue weighted by atomic mass is 16.5. The first-order chi connectivity index (χ1) is 10.2. The van der Waals surface area contributed by atoms with Crippen molar-refractivity contribution in [2.45, 2.75) is 33.2 Å². The smallest absolute Gasteiger partial charge is 0.119 e. The van der Waals surface area contributed by atoms with Gasteiger partial charge in [0.1, 0.15) is 12.4 Å². The Morgan fingerprint density at radius 1 is 1.24 bits per heavy atom. The molecule has 3 nitrogen and oxygen atoms in total. The summed E-state index contributed by atoms with van der Waals surface area (Å²) in [7, 11) is 0. The number of rotatable bonds is 12. The minimum atomic E-state index is 0.594. The third-order valence-electron chi connectivity index (χ3n) is 2.97. The van der Waals surface area contributed by atoms with Gasteiger partial charge in [0.25, 0.3) is 0 Å². The lowest BCUT2D eigenvalue weighted by atomic mass is 10.2. The molecule has 118 valence electrons. The van der Waals surface area contributed by atoms with E-state index in [1.165, 1.54) is 5.56 Å². The van der Waals surface area contributed by atoms with Gasteiger partial charge >= 0.3 is 0 Å². The van der Waals surface area contributed by atoms with Gasteiger partial charge in [-0.2, -0.15) is 0 Å². The summed E-state index contributed by atoms with van der Waals surface area (Å²) in [6, 6.07) is 8.23. The molecule has 1 aromatic rings. The van der Waals surface area contributed by atoms with E-state index in [0.717, 1.165) is 38.3 Å². The van der Waals surface area contributed by atoms with Crippen LogP contribution >= 0.6 is 0 Å². The van der Waals surface area contributed by atoms with Gasteiger partial charge in [-0.05, 0) is 43.0 Å². The Labute approximate surface area is 129 Å². The quantitative estimate of drug-likeness (QED) is 0.469. The number of unbranched alkanes of at least 4 members (excludes halogenated alkanes) is 1. The molecular weight excluding hydrogens is 262 g/mol. The maximum Gasteiger partial charge on any atom is 0.119 e. The second kappa shape index (κ2) is 11.4. The average molecular weight is 291 g/mol. The SMILES string of the molecule is C=CCCCOCCOc1cccc(CNCC(C)C)c1. The van der Waals surface area contributed by atoms with E-state index in [1.807, 2.05) is 18.2 Å². The zero-order valence-corrected chi connectivity index (χ0v) is 13.4. The molecule has 0 amide bonds. The molecule has 3 heteroatoms. The fraction of sp³-hybridized carbons (Fsp3) is 0.556.